The first-order valence-electron chi connectivity index (χ1n) is 4.16. The van der Waals surface area contributed by atoms with Crippen LogP contribution in [0.4, 0.5) is 5.82 Å². The molecule has 0 radical (unpaired) electrons. The smallest absolute Gasteiger partial charge is 0.125 e. The first-order valence-corrected chi connectivity index (χ1v) is 4.16. The molecule has 0 aliphatic carbocycles. The highest BCUT2D eigenvalue weighted by Gasteiger charge is 1.99. The summed E-state index contributed by atoms with van der Waals surface area (Å²) in [6.07, 6.45) is 2.20. The molecule has 66 valence electrons. The Bertz CT molecular complexity index is 213. The minimum atomic E-state index is -0.285. The van der Waals surface area contributed by atoms with Crippen molar-refractivity contribution in [3.05, 3.63) is 24.4 Å². The lowest BCUT2D eigenvalue weighted by atomic mass is 10.3. The van der Waals surface area contributed by atoms with Gasteiger partial charge in [0.25, 0.3) is 0 Å². The number of nitrogens with one attached hydrogen (secondary N) is 1. The Morgan fingerprint density at radius 3 is 3.00 bits per heavy atom. The summed E-state index contributed by atoms with van der Waals surface area (Å²) in [5.74, 6) is 0.810. The lowest BCUT2D eigenvalue weighted by Gasteiger charge is -2.08. The van der Waals surface area contributed by atoms with Crippen LogP contribution in [0.25, 0.3) is 0 Å². The van der Waals surface area contributed by atoms with Gasteiger partial charge in [-0.15, -0.1) is 0 Å². The van der Waals surface area contributed by atoms with Gasteiger partial charge in [-0.3, -0.25) is 0 Å². The van der Waals surface area contributed by atoms with Crippen molar-refractivity contribution >= 4 is 5.82 Å². The standard InChI is InChI=1S/C9H14N2O/c1-2-8(12)7-11-9-5-3-4-6-10-9/h3-6,8,12H,2,7H2,1H3,(H,10,11)/t8-/m0/s1. The Hall–Kier alpha value is -1.09. The molecule has 0 aliphatic rings. The quantitative estimate of drug-likeness (QED) is 0.708. The number of hydrogen-bond donors (Lipinski definition) is 2. The molecule has 1 atom stereocenters. The van der Waals surface area contributed by atoms with Gasteiger partial charge in [0.05, 0.1) is 6.10 Å². The van der Waals surface area contributed by atoms with Crippen molar-refractivity contribution in [3.63, 3.8) is 0 Å². The van der Waals surface area contributed by atoms with Crippen molar-refractivity contribution in [2.75, 3.05) is 11.9 Å². The van der Waals surface area contributed by atoms with Crippen molar-refractivity contribution in [1.29, 1.82) is 0 Å². The van der Waals surface area contributed by atoms with Crippen LogP contribution in [0.2, 0.25) is 0 Å². The summed E-state index contributed by atoms with van der Waals surface area (Å²) >= 11 is 0. The van der Waals surface area contributed by atoms with E-state index in [2.05, 4.69) is 10.3 Å². The fourth-order valence-corrected chi connectivity index (χ4v) is 0.834. The van der Waals surface area contributed by atoms with E-state index in [1.165, 1.54) is 0 Å². The maximum atomic E-state index is 9.23. The van der Waals surface area contributed by atoms with E-state index in [4.69, 9.17) is 0 Å². The average Bonchev–Trinajstić information content (AvgIpc) is 2.16. The van der Waals surface area contributed by atoms with Crippen molar-refractivity contribution in [2.45, 2.75) is 19.4 Å². The zero-order chi connectivity index (χ0) is 8.81. The molecule has 1 aromatic rings. The van der Waals surface area contributed by atoms with Gasteiger partial charge in [0, 0.05) is 12.7 Å². The van der Waals surface area contributed by atoms with E-state index in [1.807, 2.05) is 25.1 Å². The van der Waals surface area contributed by atoms with E-state index in [0.717, 1.165) is 12.2 Å². The Kier molecular flexibility index (Phi) is 3.54. The Balaban J connectivity index is 2.33. The second kappa shape index (κ2) is 4.72. The van der Waals surface area contributed by atoms with E-state index in [-0.39, 0.29) is 6.10 Å². The summed E-state index contributed by atoms with van der Waals surface area (Å²) < 4.78 is 0. The van der Waals surface area contributed by atoms with E-state index < -0.39 is 0 Å². The topological polar surface area (TPSA) is 45.1 Å². The summed E-state index contributed by atoms with van der Waals surface area (Å²) in [6, 6.07) is 5.65. The van der Waals surface area contributed by atoms with E-state index in [0.29, 0.717) is 6.54 Å². The molecule has 0 aliphatic heterocycles. The highest BCUT2D eigenvalue weighted by atomic mass is 16.3. The van der Waals surface area contributed by atoms with Crippen molar-refractivity contribution in [1.82, 2.24) is 4.98 Å². The SMILES string of the molecule is CC[C@H](O)CNc1ccccn1. The molecule has 1 aromatic heterocycles. The number of rotatable bonds is 4. The zero-order valence-corrected chi connectivity index (χ0v) is 7.20. The molecule has 0 unspecified atom stereocenters. The third kappa shape index (κ3) is 2.88. The van der Waals surface area contributed by atoms with Crippen LogP contribution < -0.4 is 5.32 Å². The summed E-state index contributed by atoms with van der Waals surface area (Å²) in [5, 5.41) is 12.3. The molecule has 0 fully saturated rings. The Labute approximate surface area is 72.5 Å². The van der Waals surface area contributed by atoms with Crippen molar-refractivity contribution in [2.24, 2.45) is 0 Å². The van der Waals surface area contributed by atoms with E-state index >= 15 is 0 Å². The number of anilines is 1. The maximum absolute atomic E-state index is 9.23. The highest BCUT2D eigenvalue weighted by Crippen LogP contribution is 2.00. The monoisotopic (exact) mass is 166 g/mol. The Morgan fingerprint density at radius 2 is 2.42 bits per heavy atom. The first kappa shape index (κ1) is 9.00. The number of aliphatic hydroxyl groups is 1. The predicted octanol–water partition coefficient (Wildman–Crippen LogP) is 1.26. The lowest BCUT2D eigenvalue weighted by Crippen LogP contribution is -2.18. The third-order valence-electron chi connectivity index (χ3n) is 1.65. The molecule has 1 heterocycles. The second-order valence-electron chi connectivity index (χ2n) is 2.66. The minimum Gasteiger partial charge on any atom is -0.391 e. The van der Waals surface area contributed by atoms with Gasteiger partial charge in [-0.1, -0.05) is 13.0 Å². The van der Waals surface area contributed by atoms with Crippen LogP contribution >= 0.6 is 0 Å². The fourth-order valence-electron chi connectivity index (χ4n) is 0.834. The average molecular weight is 166 g/mol. The van der Waals surface area contributed by atoms with Gasteiger partial charge in [-0.2, -0.15) is 0 Å². The maximum Gasteiger partial charge on any atom is 0.125 e. The molecule has 0 aromatic carbocycles. The molecule has 2 N–H and O–H groups in total. The molecule has 1 rings (SSSR count). The first-order chi connectivity index (χ1) is 5.83. The highest BCUT2D eigenvalue weighted by molar-refractivity contribution is 5.32. The number of nitrogens with zero attached hydrogens (tertiary/aromatic N) is 1. The number of aromatic nitrogens is 1. The molecule has 12 heavy (non-hydrogen) atoms. The number of aliphatic hydroxyl groups excluding tert-OH is 1. The molecule has 0 saturated carbocycles. The van der Waals surface area contributed by atoms with Crippen LogP contribution in [0.1, 0.15) is 13.3 Å². The van der Waals surface area contributed by atoms with Gasteiger partial charge in [-0.25, -0.2) is 4.98 Å². The molecule has 0 spiro atoms. The number of hydrogen-bond acceptors (Lipinski definition) is 3. The molecule has 3 nitrogen and oxygen atoms in total. The predicted molar refractivity (Wildman–Crippen MR) is 49.0 cm³/mol. The summed E-state index contributed by atoms with van der Waals surface area (Å²) in [6.45, 7) is 2.51. The lowest BCUT2D eigenvalue weighted by molar-refractivity contribution is 0.183. The number of pyridine rings is 1. The third-order valence-corrected chi connectivity index (χ3v) is 1.65. The van der Waals surface area contributed by atoms with Crippen LogP contribution in [-0.2, 0) is 0 Å². The van der Waals surface area contributed by atoms with Crippen LogP contribution in [0.3, 0.4) is 0 Å². The van der Waals surface area contributed by atoms with E-state index in [1.54, 1.807) is 6.20 Å². The molecular weight excluding hydrogens is 152 g/mol. The normalized spacial score (nSPS) is 12.5. The Morgan fingerprint density at radius 1 is 1.58 bits per heavy atom. The van der Waals surface area contributed by atoms with Crippen molar-refractivity contribution in [3.8, 4) is 0 Å². The second-order valence-corrected chi connectivity index (χ2v) is 2.66. The van der Waals surface area contributed by atoms with Gasteiger partial charge in [0.1, 0.15) is 5.82 Å². The van der Waals surface area contributed by atoms with Gasteiger partial charge in [0.15, 0.2) is 0 Å². The van der Waals surface area contributed by atoms with Gasteiger partial charge < -0.3 is 10.4 Å². The largest absolute Gasteiger partial charge is 0.391 e. The molecule has 0 bridgehead atoms. The zero-order valence-electron chi connectivity index (χ0n) is 7.20. The summed E-state index contributed by atoms with van der Waals surface area (Å²) in [4.78, 5) is 4.06. The molecule has 0 amide bonds. The van der Waals surface area contributed by atoms with Crippen molar-refractivity contribution < 1.29 is 5.11 Å². The van der Waals surface area contributed by atoms with Crippen LogP contribution in [0.5, 0.6) is 0 Å². The molecule has 0 saturated heterocycles. The van der Waals surface area contributed by atoms with Gasteiger partial charge in [-0.05, 0) is 18.6 Å². The van der Waals surface area contributed by atoms with Crippen LogP contribution in [0.15, 0.2) is 24.4 Å². The van der Waals surface area contributed by atoms with Crippen LogP contribution in [-0.4, -0.2) is 22.7 Å². The summed E-state index contributed by atoms with van der Waals surface area (Å²) in [5.41, 5.74) is 0. The molecule has 3 heteroatoms. The molecular formula is C9H14N2O. The van der Waals surface area contributed by atoms with Crippen LogP contribution in [0, 0.1) is 0 Å². The summed E-state index contributed by atoms with van der Waals surface area (Å²) in [7, 11) is 0. The van der Waals surface area contributed by atoms with Gasteiger partial charge >= 0.3 is 0 Å². The minimum absolute atomic E-state index is 0.285. The fraction of sp³-hybridized carbons (Fsp3) is 0.444. The van der Waals surface area contributed by atoms with Gasteiger partial charge in [0.2, 0.25) is 0 Å². The van der Waals surface area contributed by atoms with E-state index in [9.17, 15) is 5.11 Å².